The van der Waals surface area contributed by atoms with Gasteiger partial charge in [0, 0.05) is 58.1 Å². The van der Waals surface area contributed by atoms with E-state index >= 15 is 0 Å². The predicted molar refractivity (Wildman–Crippen MR) is 121 cm³/mol. The van der Waals surface area contributed by atoms with Gasteiger partial charge in [0.2, 0.25) is 5.75 Å². The standard InChI is InChI=1S/C22H34N6O3/c1-6-23-22(24-13-18-14-25-26(2)15-18)28-9-7-27(8-10-28)16-17-11-19(29-3)21(31-5)20(12-17)30-4/h11-12,14-15H,6-10,13,16H2,1-5H3,(H,23,24). The summed E-state index contributed by atoms with van der Waals surface area (Å²) in [7, 11) is 6.84. The number of nitrogens with zero attached hydrogens (tertiary/aromatic N) is 5. The number of aliphatic imine (C=N–C) groups is 1. The molecule has 1 aliphatic rings. The van der Waals surface area contributed by atoms with Crippen molar-refractivity contribution in [3.8, 4) is 17.2 Å². The normalized spacial score (nSPS) is 15.1. The predicted octanol–water partition coefficient (Wildman–Crippen LogP) is 1.73. The van der Waals surface area contributed by atoms with Gasteiger partial charge >= 0.3 is 0 Å². The molecule has 2 heterocycles. The van der Waals surface area contributed by atoms with Crippen LogP contribution in [-0.2, 0) is 20.1 Å². The van der Waals surface area contributed by atoms with Gasteiger partial charge in [-0.3, -0.25) is 9.58 Å². The van der Waals surface area contributed by atoms with E-state index in [4.69, 9.17) is 19.2 Å². The van der Waals surface area contributed by atoms with Gasteiger partial charge in [-0.1, -0.05) is 0 Å². The molecule has 0 saturated carbocycles. The molecule has 0 unspecified atom stereocenters. The van der Waals surface area contributed by atoms with Gasteiger partial charge in [0.15, 0.2) is 17.5 Å². The first-order valence-corrected chi connectivity index (χ1v) is 10.6. The highest BCUT2D eigenvalue weighted by Gasteiger charge is 2.21. The van der Waals surface area contributed by atoms with Crippen LogP contribution in [0.1, 0.15) is 18.1 Å². The zero-order valence-electron chi connectivity index (χ0n) is 19.2. The lowest BCUT2D eigenvalue weighted by atomic mass is 10.1. The van der Waals surface area contributed by atoms with E-state index < -0.39 is 0 Å². The molecule has 170 valence electrons. The number of hydrogen-bond donors (Lipinski definition) is 1. The van der Waals surface area contributed by atoms with Gasteiger partial charge in [0.1, 0.15) is 0 Å². The molecule has 1 aliphatic heterocycles. The Hall–Kier alpha value is -2.94. The fourth-order valence-electron chi connectivity index (χ4n) is 3.75. The van der Waals surface area contributed by atoms with Crippen molar-refractivity contribution in [3.63, 3.8) is 0 Å². The minimum Gasteiger partial charge on any atom is -0.493 e. The van der Waals surface area contributed by atoms with Gasteiger partial charge in [0.05, 0.1) is 34.1 Å². The maximum Gasteiger partial charge on any atom is 0.203 e. The number of rotatable bonds is 8. The molecule has 3 rings (SSSR count). The summed E-state index contributed by atoms with van der Waals surface area (Å²) in [6.07, 6.45) is 3.87. The Balaban J connectivity index is 1.61. The van der Waals surface area contributed by atoms with E-state index in [0.717, 1.165) is 56.4 Å². The van der Waals surface area contributed by atoms with Crippen molar-refractivity contribution in [2.75, 3.05) is 54.1 Å². The molecule has 0 atom stereocenters. The molecule has 9 nitrogen and oxygen atoms in total. The van der Waals surface area contributed by atoms with Crippen molar-refractivity contribution in [2.24, 2.45) is 12.0 Å². The fraction of sp³-hybridized carbons (Fsp3) is 0.545. The molecular formula is C22H34N6O3. The third kappa shape index (κ3) is 5.81. The second-order valence-electron chi connectivity index (χ2n) is 7.49. The maximum absolute atomic E-state index is 5.49. The van der Waals surface area contributed by atoms with E-state index in [2.05, 4.69) is 27.1 Å². The number of piperazine rings is 1. The molecular weight excluding hydrogens is 396 g/mol. The summed E-state index contributed by atoms with van der Waals surface area (Å²) in [4.78, 5) is 9.56. The first-order chi connectivity index (χ1) is 15.1. The van der Waals surface area contributed by atoms with Crippen LogP contribution in [0.25, 0.3) is 0 Å². The van der Waals surface area contributed by atoms with Crippen LogP contribution in [0.2, 0.25) is 0 Å². The summed E-state index contributed by atoms with van der Waals surface area (Å²) >= 11 is 0. The van der Waals surface area contributed by atoms with Crippen LogP contribution in [0.3, 0.4) is 0 Å². The zero-order valence-corrected chi connectivity index (χ0v) is 19.2. The number of aromatic nitrogens is 2. The van der Waals surface area contributed by atoms with Gasteiger partial charge < -0.3 is 24.4 Å². The lowest BCUT2D eigenvalue weighted by molar-refractivity contribution is 0.172. The van der Waals surface area contributed by atoms with Crippen molar-refractivity contribution in [2.45, 2.75) is 20.0 Å². The van der Waals surface area contributed by atoms with Crippen LogP contribution in [0, 0.1) is 0 Å². The number of nitrogens with one attached hydrogen (secondary N) is 1. The summed E-state index contributed by atoms with van der Waals surface area (Å²) in [6.45, 7) is 8.14. The number of hydrogen-bond acceptors (Lipinski definition) is 6. The van der Waals surface area contributed by atoms with Gasteiger partial charge in [-0.2, -0.15) is 5.10 Å². The average molecular weight is 431 g/mol. The minimum absolute atomic E-state index is 0.624. The summed E-state index contributed by atoms with van der Waals surface area (Å²) in [6, 6.07) is 4.04. The summed E-state index contributed by atoms with van der Waals surface area (Å²) in [5, 5.41) is 7.64. The summed E-state index contributed by atoms with van der Waals surface area (Å²) in [5.41, 5.74) is 2.25. The molecule has 0 amide bonds. The van der Waals surface area contributed by atoms with Gasteiger partial charge in [0.25, 0.3) is 0 Å². The topological polar surface area (TPSA) is 76.4 Å². The maximum atomic E-state index is 5.49. The molecule has 1 fully saturated rings. The number of guanidine groups is 1. The monoisotopic (exact) mass is 430 g/mol. The first kappa shape index (κ1) is 22.7. The zero-order chi connectivity index (χ0) is 22.2. The Kier molecular flexibility index (Phi) is 8.00. The van der Waals surface area contributed by atoms with E-state index in [0.29, 0.717) is 23.8 Å². The number of methoxy groups -OCH3 is 3. The molecule has 1 aromatic heterocycles. The summed E-state index contributed by atoms with van der Waals surface area (Å²) < 4.78 is 18.2. The Morgan fingerprint density at radius 3 is 2.23 bits per heavy atom. The van der Waals surface area contributed by atoms with Crippen molar-refractivity contribution >= 4 is 5.96 Å². The molecule has 0 aliphatic carbocycles. The second-order valence-corrected chi connectivity index (χ2v) is 7.49. The average Bonchev–Trinajstić information content (AvgIpc) is 3.21. The van der Waals surface area contributed by atoms with E-state index in [1.807, 2.05) is 31.6 Å². The van der Waals surface area contributed by atoms with Crippen molar-refractivity contribution in [1.82, 2.24) is 24.9 Å². The lowest BCUT2D eigenvalue weighted by Gasteiger charge is -2.36. The highest BCUT2D eigenvalue weighted by Crippen LogP contribution is 2.38. The van der Waals surface area contributed by atoms with Crippen LogP contribution >= 0.6 is 0 Å². The summed E-state index contributed by atoms with van der Waals surface area (Å²) in [5.74, 6) is 2.96. The first-order valence-electron chi connectivity index (χ1n) is 10.6. The van der Waals surface area contributed by atoms with Crippen molar-refractivity contribution < 1.29 is 14.2 Å². The fourth-order valence-corrected chi connectivity index (χ4v) is 3.75. The van der Waals surface area contributed by atoms with Gasteiger partial charge in [-0.15, -0.1) is 0 Å². The SMILES string of the molecule is CCNC(=NCc1cnn(C)c1)N1CCN(Cc2cc(OC)c(OC)c(OC)c2)CC1. The highest BCUT2D eigenvalue weighted by atomic mass is 16.5. The van der Waals surface area contributed by atoms with Gasteiger partial charge in [-0.25, -0.2) is 4.99 Å². The Bertz CT molecular complexity index is 849. The van der Waals surface area contributed by atoms with E-state index in [-0.39, 0.29) is 0 Å². The molecule has 0 radical (unpaired) electrons. The van der Waals surface area contributed by atoms with Crippen LogP contribution in [0.4, 0.5) is 0 Å². The number of benzene rings is 1. The van der Waals surface area contributed by atoms with E-state index in [1.165, 1.54) is 0 Å². The van der Waals surface area contributed by atoms with Crippen molar-refractivity contribution in [1.29, 1.82) is 0 Å². The van der Waals surface area contributed by atoms with Crippen LogP contribution in [-0.4, -0.2) is 79.6 Å². The van der Waals surface area contributed by atoms with Crippen LogP contribution in [0.5, 0.6) is 17.2 Å². The minimum atomic E-state index is 0.624. The van der Waals surface area contributed by atoms with E-state index in [1.54, 1.807) is 26.0 Å². The molecule has 0 spiro atoms. The highest BCUT2D eigenvalue weighted by molar-refractivity contribution is 5.80. The number of aryl methyl sites for hydroxylation is 1. The Labute approximate surface area is 184 Å². The molecule has 1 saturated heterocycles. The van der Waals surface area contributed by atoms with Crippen LogP contribution in [0.15, 0.2) is 29.5 Å². The second kappa shape index (κ2) is 10.9. The third-order valence-corrected chi connectivity index (χ3v) is 5.31. The molecule has 1 aromatic carbocycles. The largest absolute Gasteiger partial charge is 0.493 e. The lowest BCUT2D eigenvalue weighted by Crippen LogP contribution is -2.52. The molecule has 31 heavy (non-hydrogen) atoms. The Morgan fingerprint density at radius 2 is 1.71 bits per heavy atom. The third-order valence-electron chi connectivity index (χ3n) is 5.31. The quantitative estimate of drug-likeness (QED) is 0.505. The molecule has 9 heteroatoms. The molecule has 2 aromatic rings. The number of ether oxygens (including phenoxy) is 3. The Morgan fingerprint density at radius 1 is 1.03 bits per heavy atom. The van der Waals surface area contributed by atoms with Gasteiger partial charge in [-0.05, 0) is 24.6 Å². The smallest absolute Gasteiger partial charge is 0.203 e. The molecule has 0 bridgehead atoms. The van der Waals surface area contributed by atoms with Crippen molar-refractivity contribution in [3.05, 3.63) is 35.7 Å². The van der Waals surface area contributed by atoms with E-state index in [9.17, 15) is 0 Å². The molecule has 1 N–H and O–H groups in total. The van der Waals surface area contributed by atoms with Crippen LogP contribution < -0.4 is 19.5 Å².